The molecule has 2 nitrogen and oxygen atoms in total. The van der Waals surface area contributed by atoms with E-state index in [-0.39, 0.29) is 5.54 Å². The number of hydrogen-bond acceptors (Lipinski definition) is 2. The lowest BCUT2D eigenvalue weighted by Crippen LogP contribution is -2.40. The summed E-state index contributed by atoms with van der Waals surface area (Å²) in [5.74, 6) is 0.485. The van der Waals surface area contributed by atoms with Gasteiger partial charge in [0.05, 0.1) is 10.0 Å². The highest BCUT2D eigenvalue weighted by atomic mass is 35.5. The van der Waals surface area contributed by atoms with Gasteiger partial charge in [0.15, 0.2) is 5.75 Å². The first-order valence-electron chi connectivity index (χ1n) is 5.88. The lowest BCUT2D eigenvalue weighted by Gasteiger charge is -2.24. The molecule has 102 valence electrons. The molecule has 0 saturated carbocycles. The highest BCUT2D eigenvalue weighted by Gasteiger charge is 2.14. The van der Waals surface area contributed by atoms with Gasteiger partial charge < -0.3 is 10.1 Å². The van der Waals surface area contributed by atoms with Crippen molar-refractivity contribution in [2.24, 2.45) is 0 Å². The normalized spacial score (nSPS) is 11.7. The number of benzene rings is 1. The number of ether oxygens (including phenoxy) is 1. The van der Waals surface area contributed by atoms with E-state index in [1.807, 2.05) is 0 Å². The molecule has 0 aliphatic rings. The third-order valence-electron chi connectivity index (χ3n) is 2.80. The van der Waals surface area contributed by atoms with Crippen molar-refractivity contribution in [3.8, 4) is 5.75 Å². The van der Waals surface area contributed by atoms with Crippen molar-refractivity contribution in [1.29, 1.82) is 0 Å². The number of nitrogens with one attached hydrogen (secondary N) is 1. The molecule has 0 aromatic heterocycles. The second-order valence-electron chi connectivity index (χ2n) is 4.71. The largest absolute Gasteiger partial charge is 0.489 e. The van der Waals surface area contributed by atoms with Gasteiger partial charge in [-0.25, -0.2) is 0 Å². The molecule has 0 amide bonds. The van der Waals surface area contributed by atoms with Gasteiger partial charge in [0.2, 0.25) is 0 Å². The molecule has 0 radical (unpaired) electrons. The summed E-state index contributed by atoms with van der Waals surface area (Å²) in [4.78, 5) is 0. The van der Waals surface area contributed by atoms with Gasteiger partial charge in [-0.05, 0) is 32.4 Å². The van der Waals surface area contributed by atoms with Crippen LogP contribution in [0.4, 0.5) is 0 Å². The van der Waals surface area contributed by atoms with E-state index >= 15 is 0 Å². The lowest BCUT2D eigenvalue weighted by atomic mass is 10.0. The molecule has 1 N–H and O–H groups in total. The van der Waals surface area contributed by atoms with Crippen LogP contribution in [-0.2, 0) is 0 Å². The molecule has 5 heteroatoms. The van der Waals surface area contributed by atoms with Crippen molar-refractivity contribution in [2.45, 2.75) is 32.7 Å². The fourth-order valence-corrected chi connectivity index (χ4v) is 2.26. The van der Waals surface area contributed by atoms with Gasteiger partial charge in [-0.2, -0.15) is 0 Å². The molecular formula is C13H18Cl3NO. The predicted molar refractivity (Wildman–Crippen MR) is 79.3 cm³/mol. The van der Waals surface area contributed by atoms with Gasteiger partial charge in [0.1, 0.15) is 6.61 Å². The summed E-state index contributed by atoms with van der Waals surface area (Å²) < 4.78 is 5.58. The predicted octanol–water partition coefficient (Wildman–Crippen LogP) is 4.80. The zero-order chi connectivity index (χ0) is 13.8. The van der Waals surface area contributed by atoms with Gasteiger partial charge in [-0.3, -0.25) is 0 Å². The molecule has 1 aromatic rings. The first-order valence-corrected chi connectivity index (χ1v) is 7.01. The Hall–Kier alpha value is -0.150. The summed E-state index contributed by atoms with van der Waals surface area (Å²) in [5, 5.41) is 4.76. The van der Waals surface area contributed by atoms with Crippen molar-refractivity contribution in [3.63, 3.8) is 0 Å². The second-order valence-corrected chi connectivity index (χ2v) is 5.96. The van der Waals surface area contributed by atoms with Crippen LogP contribution in [0.3, 0.4) is 0 Å². The van der Waals surface area contributed by atoms with Crippen LogP contribution in [0.25, 0.3) is 0 Å². The SMILES string of the molecule is CCC(C)(C)NCCOc1c(Cl)cc(Cl)cc1Cl. The fraction of sp³-hybridized carbons (Fsp3) is 0.538. The Morgan fingerprint density at radius 3 is 2.22 bits per heavy atom. The zero-order valence-electron chi connectivity index (χ0n) is 10.8. The maximum Gasteiger partial charge on any atom is 0.156 e. The van der Waals surface area contributed by atoms with E-state index in [9.17, 15) is 0 Å². The average molecular weight is 311 g/mol. The van der Waals surface area contributed by atoms with Gasteiger partial charge in [0, 0.05) is 17.1 Å². The minimum Gasteiger partial charge on any atom is -0.489 e. The number of rotatable bonds is 6. The standard InChI is InChI=1S/C13H18Cl3NO/c1-4-13(2,3)17-5-6-18-12-10(15)7-9(14)8-11(12)16/h7-8,17H,4-6H2,1-3H3. The fourth-order valence-electron chi connectivity index (χ4n) is 1.33. The van der Waals surface area contributed by atoms with Crippen LogP contribution in [0, 0.1) is 0 Å². The Balaban J connectivity index is 2.50. The van der Waals surface area contributed by atoms with E-state index in [0.29, 0.717) is 27.4 Å². The Labute approximate surface area is 124 Å². The van der Waals surface area contributed by atoms with Gasteiger partial charge in [-0.1, -0.05) is 41.7 Å². The van der Waals surface area contributed by atoms with Crippen LogP contribution in [0.1, 0.15) is 27.2 Å². The molecule has 0 aliphatic heterocycles. The van der Waals surface area contributed by atoms with Crippen LogP contribution < -0.4 is 10.1 Å². The number of halogens is 3. The molecule has 0 bridgehead atoms. The average Bonchev–Trinajstić information content (AvgIpc) is 2.26. The second kappa shape index (κ2) is 6.85. The first-order chi connectivity index (χ1) is 8.35. The van der Waals surface area contributed by atoms with Crippen LogP contribution in [-0.4, -0.2) is 18.7 Å². The molecule has 0 unspecified atom stereocenters. The smallest absolute Gasteiger partial charge is 0.156 e. The Kier molecular flexibility index (Phi) is 6.06. The molecule has 0 atom stereocenters. The van der Waals surface area contributed by atoms with E-state index in [4.69, 9.17) is 39.5 Å². The number of hydrogen-bond donors (Lipinski definition) is 1. The van der Waals surface area contributed by atoms with Gasteiger partial charge >= 0.3 is 0 Å². The molecule has 0 spiro atoms. The van der Waals surface area contributed by atoms with Gasteiger partial charge in [-0.15, -0.1) is 0 Å². The summed E-state index contributed by atoms with van der Waals surface area (Å²) in [6, 6.07) is 3.24. The summed E-state index contributed by atoms with van der Waals surface area (Å²) in [5.41, 5.74) is 0.108. The van der Waals surface area contributed by atoms with Gasteiger partial charge in [0.25, 0.3) is 0 Å². The molecule has 0 saturated heterocycles. The van der Waals surface area contributed by atoms with Crippen molar-refractivity contribution >= 4 is 34.8 Å². The summed E-state index contributed by atoms with van der Waals surface area (Å²) >= 11 is 17.9. The maximum atomic E-state index is 6.02. The monoisotopic (exact) mass is 309 g/mol. The lowest BCUT2D eigenvalue weighted by molar-refractivity contribution is 0.281. The third kappa shape index (κ3) is 4.85. The third-order valence-corrected chi connectivity index (χ3v) is 3.58. The highest BCUT2D eigenvalue weighted by molar-refractivity contribution is 6.40. The van der Waals surface area contributed by atoms with Crippen LogP contribution >= 0.6 is 34.8 Å². The minimum absolute atomic E-state index is 0.108. The molecule has 1 rings (SSSR count). The molecular weight excluding hydrogens is 293 g/mol. The van der Waals surface area contributed by atoms with E-state index in [0.717, 1.165) is 13.0 Å². The summed E-state index contributed by atoms with van der Waals surface area (Å²) in [6.45, 7) is 7.67. The topological polar surface area (TPSA) is 21.3 Å². The minimum atomic E-state index is 0.108. The quantitative estimate of drug-likeness (QED) is 0.762. The van der Waals surface area contributed by atoms with Crippen LogP contribution in [0.5, 0.6) is 5.75 Å². The van der Waals surface area contributed by atoms with E-state index < -0.39 is 0 Å². The molecule has 0 heterocycles. The highest BCUT2D eigenvalue weighted by Crippen LogP contribution is 2.35. The van der Waals surface area contributed by atoms with Crippen molar-refractivity contribution < 1.29 is 4.74 Å². The Morgan fingerprint density at radius 2 is 1.72 bits per heavy atom. The molecule has 0 fully saturated rings. The van der Waals surface area contributed by atoms with E-state index in [1.54, 1.807) is 12.1 Å². The van der Waals surface area contributed by atoms with Crippen molar-refractivity contribution in [2.75, 3.05) is 13.2 Å². The van der Waals surface area contributed by atoms with E-state index in [1.165, 1.54) is 0 Å². The van der Waals surface area contributed by atoms with Crippen molar-refractivity contribution in [1.82, 2.24) is 5.32 Å². The Morgan fingerprint density at radius 1 is 1.17 bits per heavy atom. The van der Waals surface area contributed by atoms with E-state index in [2.05, 4.69) is 26.1 Å². The zero-order valence-corrected chi connectivity index (χ0v) is 13.1. The maximum absolute atomic E-state index is 6.02. The Bertz CT molecular complexity index is 384. The summed E-state index contributed by atoms with van der Waals surface area (Å²) in [7, 11) is 0. The van der Waals surface area contributed by atoms with Crippen molar-refractivity contribution in [3.05, 3.63) is 27.2 Å². The molecule has 0 aliphatic carbocycles. The molecule has 18 heavy (non-hydrogen) atoms. The first kappa shape index (κ1) is 15.9. The van der Waals surface area contributed by atoms with Crippen LogP contribution in [0.15, 0.2) is 12.1 Å². The van der Waals surface area contributed by atoms with Crippen LogP contribution in [0.2, 0.25) is 15.1 Å². The molecule has 1 aromatic carbocycles. The summed E-state index contributed by atoms with van der Waals surface area (Å²) in [6.07, 6.45) is 1.05.